The summed E-state index contributed by atoms with van der Waals surface area (Å²) in [5.41, 5.74) is 0. The van der Waals surface area contributed by atoms with Crippen LogP contribution >= 0.6 is 9.90 Å². The van der Waals surface area contributed by atoms with E-state index in [0.29, 0.717) is 0 Å². The van der Waals surface area contributed by atoms with Gasteiger partial charge in [-0.2, -0.15) is 18.3 Å². The van der Waals surface area contributed by atoms with E-state index in [4.69, 9.17) is 17.5 Å². The van der Waals surface area contributed by atoms with Crippen molar-refractivity contribution < 1.29 is 34.9 Å². The predicted molar refractivity (Wildman–Crippen MR) is 25.3 cm³/mol. The Morgan fingerprint density at radius 3 is 1.14 bits per heavy atom. The maximum atomic E-state index is 8.74. The molecule has 7 heavy (non-hydrogen) atoms. The van der Waals surface area contributed by atoms with Gasteiger partial charge in [0.15, 0.2) is 0 Å². The van der Waals surface area contributed by atoms with Gasteiger partial charge in [-0.15, -0.1) is 0 Å². The molecule has 0 radical (unpaired) electrons. The second-order valence-corrected chi connectivity index (χ2v) is 1.34. The first-order valence-electron chi connectivity index (χ1n) is 0.698. The standard InChI is InChI=1S/Cr.H2O4S.H3P/c;1-5(2,3)4;/h;(H2,1,2,3,4);1H3. The van der Waals surface area contributed by atoms with Crippen LogP contribution in [0.25, 0.3) is 0 Å². The van der Waals surface area contributed by atoms with Crippen LogP contribution in [-0.2, 0) is 27.8 Å². The normalized spacial score (nSPS) is 8.29. The Bertz CT molecular complexity index is 94.9. The molecule has 0 amide bonds. The quantitative estimate of drug-likeness (QED) is 0.389. The van der Waals surface area contributed by atoms with Crippen molar-refractivity contribution in [2.75, 3.05) is 0 Å². The van der Waals surface area contributed by atoms with Crippen molar-refractivity contribution in [2.45, 2.75) is 0 Å². The largest absolute Gasteiger partial charge is 0.394 e. The van der Waals surface area contributed by atoms with Crippen molar-refractivity contribution in [2.24, 2.45) is 0 Å². The second-order valence-electron chi connectivity index (χ2n) is 0.448. The Hall–Kier alpha value is 0.832. The molecule has 0 saturated heterocycles. The van der Waals surface area contributed by atoms with Gasteiger partial charge in [-0.25, -0.2) is 0 Å². The molecule has 0 rings (SSSR count). The van der Waals surface area contributed by atoms with Gasteiger partial charge in [-0.05, 0) is 0 Å². The van der Waals surface area contributed by atoms with E-state index in [1.54, 1.807) is 0 Å². The molecule has 2 N–H and O–H groups in total. The summed E-state index contributed by atoms with van der Waals surface area (Å²) in [6.07, 6.45) is 0. The summed E-state index contributed by atoms with van der Waals surface area (Å²) >= 11 is 0. The molecular formula is H5CrO4PS. The van der Waals surface area contributed by atoms with E-state index in [9.17, 15) is 0 Å². The van der Waals surface area contributed by atoms with Crippen LogP contribution < -0.4 is 0 Å². The summed E-state index contributed by atoms with van der Waals surface area (Å²) in [5, 5.41) is 0. The van der Waals surface area contributed by atoms with E-state index >= 15 is 0 Å². The van der Waals surface area contributed by atoms with Crippen LogP contribution in [0, 0.1) is 0 Å². The molecular weight excluding hydrogens is 179 g/mol. The Morgan fingerprint density at radius 1 is 1.14 bits per heavy atom. The fraction of sp³-hybridized carbons (Fsp3) is 0. The van der Waals surface area contributed by atoms with E-state index in [1.807, 2.05) is 0 Å². The minimum Gasteiger partial charge on any atom is -0.264 e. The summed E-state index contributed by atoms with van der Waals surface area (Å²) in [4.78, 5) is 0. The third-order valence-corrected chi connectivity index (χ3v) is 0. The smallest absolute Gasteiger partial charge is 0.264 e. The van der Waals surface area contributed by atoms with Gasteiger partial charge < -0.3 is 0 Å². The van der Waals surface area contributed by atoms with Crippen molar-refractivity contribution >= 4 is 20.3 Å². The van der Waals surface area contributed by atoms with Crippen LogP contribution in [0.4, 0.5) is 0 Å². The van der Waals surface area contributed by atoms with Crippen LogP contribution in [0.2, 0.25) is 0 Å². The molecule has 0 saturated carbocycles. The molecule has 1 unspecified atom stereocenters. The van der Waals surface area contributed by atoms with Gasteiger partial charge in [0, 0.05) is 17.4 Å². The van der Waals surface area contributed by atoms with E-state index in [-0.39, 0.29) is 27.3 Å². The van der Waals surface area contributed by atoms with Crippen molar-refractivity contribution in [3.05, 3.63) is 0 Å². The van der Waals surface area contributed by atoms with Crippen LogP contribution in [0.1, 0.15) is 0 Å². The van der Waals surface area contributed by atoms with Gasteiger partial charge in [0.05, 0.1) is 0 Å². The van der Waals surface area contributed by atoms with Gasteiger partial charge >= 0.3 is 10.4 Å². The van der Waals surface area contributed by atoms with Crippen LogP contribution in [0.3, 0.4) is 0 Å². The molecule has 7 heteroatoms. The third kappa shape index (κ3) is 230. The molecule has 0 aromatic carbocycles. The number of hydrogen-bond donors (Lipinski definition) is 2. The summed E-state index contributed by atoms with van der Waals surface area (Å²) in [7, 11) is -4.67. The first-order valence-corrected chi connectivity index (χ1v) is 2.10. The summed E-state index contributed by atoms with van der Waals surface area (Å²) in [6, 6.07) is 0. The molecule has 0 aliphatic heterocycles. The molecule has 0 aliphatic rings. The summed E-state index contributed by atoms with van der Waals surface area (Å²) in [5.74, 6) is 0. The molecule has 0 spiro atoms. The van der Waals surface area contributed by atoms with Crippen molar-refractivity contribution in [1.29, 1.82) is 0 Å². The average molecular weight is 184 g/mol. The Labute approximate surface area is 55.6 Å². The minimum absolute atomic E-state index is 0. The summed E-state index contributed by atoms with van der Waals surface area (Å²) < 4.78 is 31.6. The first-order chi connectivity index (χ1) is 2.00. The van der Waals surface area contributed by atoms with E-state index < -0.39 is 10.4 Å². The molecule has 1 atom stereocenters. The van der Waals surface area contributed by atoms with Crippen LogP contribution in [-0.4, -0.2) is 17.5 Å². The minimum atomic E-state index is -4.67. The first kappa shape index (κ1) is 15.7. The molecule has 46 valence electrons. The topological polar surface area (TPSA) is 74.6 Å². The molecule has 0 heterocycles. The van der Waals surface area contributed by atoms with E-state index in [0.717, 1.165) is 0 Å². The Kier molecular flexibility index (Phi) is 11.1. The van der Waals surface area contributed by atoms with Crippen LogP contribution in [0.5, 0.6) is 0 Å². The zero-order valence-corrected chi connectivity index (χ0v) is 6.74. The Balaban J connectivity index is -0.0000000800. The van der Waals surface area contributed by atoms with Crippen LogP contribution in [0.15, 0.2) is 0 Å². The van der Waals surface area contributed by atoms with E-state index in [2.05, 4.69) is 0 Å². The second kappa shape index (κ2) is 4.98. The van der Waals surface area contributed by atoms with Crippen molar-refractivity contribution in [3.63, 3.8) is 0 Å². The van der Waals surface area contributed by atoms with Gasteiger partial charge in [-0.1, -0.05) is 0 Å². The van der Waals surface area contributed by atoms with Crippen molar-refractivity contribution in [3.8, 4) is 0 Å². The maximum absolute atomic E-state index is 8.74. The monoisotopic (exact) mass is 184 g/mol. The van der Waals surface area contributed by atoms with Gasteiger partial charge in [0.1, 0.15) is 0 Å². The Morgan fingerprint density at radius 2 is 1.14 bits per heavy atom. The number of hydrogen-bond acceptors (Lipinski definition) is 2. The van der Waals surface area contributed by atoms with Gasteiger partial charge in [0.25, 0.3) is 0 Å². The van der Waals surface area contributed by atoms with E-state index in [1.165, 1.54) is 0 Å². The molecule has 0 fully saturated rings. The van der Waals surface area contributed by atoms with Gasteiger partial charge in [-0.3, -0.25) is 9.11 Å². The summed E-state index contributed by atoms with van der Waals surface area (Å²) in [6.45, 7) is 0. The predicted octanol–water partition coefficient (Wildman–Crippen LogP) is -0.597. The zero-order valence-electron chi connectivity index (χ0n) is 3.23. The molecule has 0 aliphatic carbocycles. The average Bonchev–Trinajstić information content (AvgIpc) is 0.722. The molecule has 0 aromatic heterocycles. The zero-order chi connectivity index (χ0) is 4.50. The molecule has 0 bridgehead atoms. The fourth-order valence-electron chi connectivity index (χ4n) is 0. The maximum Gasteiger partial charge on any atom is 0.394 e. The third-order valence-electron chi connectivity index (χ3n) is 0. The fourth-order valence-corrected chi connectivity index (χ4v) is 0. The SMILES string of the molecule is O=S(=O)(O)O.P.[Cr]. The van der Waals surface area contributed by atoms with Crippen molar-refractivity contribution in [1.82, 2.24) is 0 Å². The number of rotatable bonds is 0. The molecule has 4 nitrogen and oxygen atoms in total. The molecule has 0 aromatic rings. The van der Waals surface area contributed by atoms with Gasteiger partial charge in [0.2, 0.25) is 0 Å².